The van der Waals surface area contributed by atoms with Crippen molar-refractivity contribution in [1.82, 2.24) is 0 Å². The topological polar surface area (TPSA) is 56.5 Å². The van der Waals surface area contributed by atoms with E-state index in [1.165, 1.54) is 0 Å². The summed E-state index contributed by atoms with van der Waals surface area (Å²) < 4.78 is 5.70. The van der Waals surface area contributed by atoms with E-state index in [0.29, 0.717) is 12.1 Å². The summed E-state index contributed by atoms with van der Waals surface area (Å²) in [7, 11) is 0. The van der Waals surface area contributed by atoms with Gasteiger partial charge in [0.15, 0.2) is 0 Å². The average molecular weight is 282 g/mol. The highest BCUT2D eigenvalue weighted by molar-refractivity contribution is 5.97. The molecule has 3 rings (SSSR count). The zero-order valence-corrected chi connectivity index (χ0v) is 12.0. The molecule has 108 valence electrons. The van der Waals surface area contributed by atoms with Gasteiger partial charge < -0.3 is 14.7 Å². The molecule has 0 bridgehead atoms. The van der Waals surface area contributed by atoms with Gasteiger partial charge in [-0.3, -0.25) is 0 Å². The van der Waals surface area contributed by atoms with Gasteiger partial charge in [-0.05, 0) is 19.1 Å². The number of aliphatic hydroxyl groups is 1. The van der Waals surface area contributed by atoms with Crippen molar-refractivity contribution < 1.29 is 9.84 Å². The molecule has 4 nitrogen and oxygen atoms in total. The number of rotatable bonds is 2. The molecule has 1 aliphatic rings. The third-order valence-electron chi connectivity index (χ3n) is 3.89. The Morgan fingerprint density at radius 2 is 2.00 bits per heavy atom. The smallest absolute Gasteiger partial charge is 0.0998 e. The van der Waals surface area contributed by atoms with Gasteiger partial charge in [-0.25, -0.2) is 0 Å². The second-order valence-corrected chi connectivity index (χ2v) is 5.45. The van der Waals surface area contributed by atoms with Crippen LogP contribution in [0.2, 0.25) is 0 Å². The van der Waals surface area contributed by atoms with E-state index in [0.717, 1.165) is 23.0 Å². The number of aliphatic hydroxyl groups excluding tert-OH is 1. The van der Waals surface area contributed by atoms with Crippen molar-refractivity contribution in [3.05, 3.63) is 42.0 Å². The molecule has 1 N–H and O–H groups in total. The molecule has 0 saturated carbocycles. The highest BCUT2D eigenvalue weighted by Crippen LogP contribution is 2.31. The van der Waals surface area contributed by atoms with Crippen molar-refractivity contribution in [1.29, 1.82) is 5.26 Å². The van der Waals surface area contributed by atoms with E-state index in [1.54, 1.807) is 0 Å². The maximum atomic E-state index is 9.37. The van der Waals surface area contributed by atoms with Gasteiger partial charge >= 0.3 is 0 Å². The number of hydrogen-bond donors (Lipinski definition) is 1. The molecule has 4 heteroatoms. The molecule has 0 radical (unpaired) electrons. The fraction of sp³-hybridized carbons (Fsp3) is 0.353. The van der Waals surface area contributed by atoms with E-state index < -0.39 is 0 Å². The number of hydrogen-bond acceptors (Lipinski definition) is 4. The minimum absolute atomic E-state index is 0.0229. The van der Waals surface area contributed by atoms with Gasteiger partial charge in [-0.2, -0.15) is 5.26 Å². The van der Waals surface area contributed by atoms with Gasteiger partial charge in [-0.15, -0.1) is 0 Å². The Bertz CT molecular complexity index is 693. The molecule has 0 amide bonds. The fourth-order valence-electron chi connectivity index (χ4n) is 3.00. The van der Waals surface area contributed by atoms with Crippen molar-refractivity contribution >= 4 is 16.5 Å². The minimum atomic E-state index is -0.164. The Balaban J connectivity index is 2.07. The van der Waals surface area contributed by atoms with Crippen LogP contribution in [0.3, 0.4) is 0 Å². The predicted octanol–water partition coefficient (Wildman–Crippen LogP) is 2.30. The number of nitriles is 1. The summed E-state index contributed by atoms with van der Waals surface area (Å²) in [4.78, 5) is 2.23. The van der Waals surface area contributed by atoms with Gasteiger partial charge in [0.1, 0.15) is 0 Å². The Labute approximate surface area is 124 Å². The number of anilines is 1. The van der Waals surface area contributed by atoms with Crippen molar-refractivity contribution in [2.24, 2.45) is 0 Å². The van der Waals surface area contributed by atoms with E-state index in [4.69, 9.17) is 4.74 Å². The molecule has 2 aromatic rings. The summed E-state index contributed by atoms with van der Waals surface area (Å²) in [5, 5.41) is 20.7. The molecular formula is C17H18N2O2. The molecule has 0 aliphatic carbocycles. The van der Waals surface area contributed by atoms with E-state index in [1.807, 2.05) is 43.3 Å². The lowest BCUT2D eigenvalue weighted by Gasteiger charge is -2.38. The molecule has 21 heavy (non-hydrogen) atoms. The lowest BCUT2D eigenvalue weighted by atomic mass is 10.0. The summed E-state index contributed by atoms with van der Waals surface area (Å²) in [6.45, 7) is 3.48. The van der Waals surface area contributed by atoms with Crippen molar-refractivity contribution in [3.8, 4) is 6.07 Å². The normalized spacial score (nSPS) is 22.2. The number of fused-ring (bicyclic) bond motifs is 1. The molecule has 1 fully saturated rings. The first-order chi connectivity index (χ1) is 10.2. The van der Waals surface area contributed by atoms with Crippen molar-refractivity contribution in [2.75, 3.05) is 24.6 Å². The molecule has 2 unspecified atom stereocenters. The summed E-state index contributed by atoms with van der Waals surface area (Å²) in [5.41, 5.74) is 1.78. The van der Waals surface area contributed by atoms with Gasteiger partial charge in [0.05, 0.1) is 30.4 Å². The zero-order valence-electron chi connectivity index (χ0n) is 12.0. The highest BCUT2D eigenvalue weighted by Gasteiger charge is 2.26. The highest BCUT2D eigenvalue weighted by atomic mass is 16.5. The van der Waals surface area contributed by atoms with Crippen LogP contribution in [0.4, 0.5) is 5.69 Å². The van der Waals surface area contributed by atoms with E-state index in [2.05, 4.69) is 11.0 Å². The number of nitrogens with zero attached hydrogens (tertiary/aromatic N) is 2. The molecule has 0 aromatic heterocycles. The van der Waals surface area contributed by atoms with Crippen LogP contribution in [0.5, 0.6) is 0 Å². The second-order valence-electron chi connectivity index (χ2n) is 5.45. The van der Waals surface area contributed by atoms with Crippen LogP contribution in [0, 0.1) is 11.3 Å². The van der Waals surface area contributed by atoms with E-state index in [9.17, 15) is 10.4 Å². The van der Waals surface area contributed by atoms with Gasteiger partial charge in [-0.1, -0.05) is 24.3 Å². The van der Waals surface area contributed by atoms with Crippen molar-refractivity contribution in [2.45, 2.75) is 19.1 Å². The van der Waals surface area contributed by atoms with Crippen LogP contribution < -0.4 is 4.90 Å². The Kier molecular flexibility index (Phi) is 3.78. The van der Waals surface area contributed by atoms with Gasteiger partial charge in [0, 0.05) is 29.5 Å². The first-order valence-electron chi connectivity index (χ1n) is 7.16. The second kappa shape index (κ2) is 5.72. The van der Waals surface area contributed by atoms with Crippen LogP contribution in [-0.4, -0.2) is 37.0 Å². The van der Waals surface area contributed by atoms with Gasteiger partial charge in [0.2, 0.25) is 0 Å². The molecule has 2 atom stereocenters. The number of benzene rings is 2. The Hall–Kier alpha value is -2.09. The standard InChI is InChI=1S/C17H18N2O2/c1-12-9-19(10-14(11-20)21-12)17-7-6-13(8-18)15-4-2-3-5-16(15)17/h2-7,12,14,20H,9-11H2,1H3. The van der Waals surface area contributed by atoms with E-state index >= 15 is 0 Å². The maximum Gasteiger partial charge on any atom is 0.0998 e. The van der Waals surface area contributed by atoms with Crippen molar-refractivity contribution in [3.63, 3.8) is 0 Å². The summed E-state index contributed by atoms with van der Waals surface area (Å²) in [6, 6.07) is 14.1. The number of morpholine rings is 1. The van der Waals surface area contributed by atoms with Gasteiger partial charge in [0.25, 0.3) is 0 Å². The lowest BCUT2D eigenvalue weighted by Crippen LogP contribution is -2.48. The van der Waals surface area contributed by atoms with E-state index in [-0.39, 0.29) is 18.8 Å². The molecule has 2 aromatic carbocycles. The first kappa shape index (κ1) is 13.9. The Morgan fingerprint density at radius 3 is 2.71 bits per heavy atom. The minimum Gasteiger partial charge on any atom is -0.394 e. The molecular weight excluding hydrogens is 264 g/mol. The molecule has 1 saturated heterocycles. The van der Waals surface area contributed by atoms with Crippen LogP contribution in [0.1, 0.15) is 12.5 Å². The molecule has 0 spiro atoms. The third-order valence-corrected chi connectivity index (χ3v) is 3.89. The molecule has 1 heterocycles. The fourth-order valence-corrected chi connectivity index (χ4v) is 3.00. The quantitative estimate of drug-likeness (QED) is 0.918. The molecule has 1 aliphatic heterocycles. The lowest BCUT2D eigenvalue weighted by molar-refractivity contribution is -0.0420. The largest absolute Gasteiger partial charge is 0.394 e. The number of ether oxygens (including phenoxy) is 1. The third kappa shape index (κ3) is 2.58. The predicted molar refractivity (Wildman–Crippen MR) is 82.3 cm³/mol. The average Bonchev–Trinajstić information content (AvgIpc) is 2.53. The summed E-state index contributed by atoms with van der Waals surface area (Å²) in [5.74, 6) is 0. The van der Waals surface area contributed by atoms with Crippen LogP contribution in [-0.2, 0) is 4.74 Å². The zero-order chi connectivity index (χ0) is 14.8. The van der Waals surface area contributed by atoms with Crippen LogP contribution >= 0.6 is 0 Å². The monoisotopic (exact) mass is 282 g/mol. The summed E-state index contributed by atoms with van der Waals surface area (Å²) in [6.07, 6.45) is -0.0894. The first-order valence-corrected chi connectivity index (χ1v) is 7.16. The maximum absolute atomic E-state index is 9.37. The van der Waals surface area contributed by atoms with Crippen LogP contribution in [0.15, 0.2) is 36.4 Å². The SMILES string of the molecule is CC1CN(c2ccc(C#N)c3ccccc23)CC(CO)O1. The Morgan fingerprint density at radius 1 is 1.24 bits per heavy atom. The van der Waals surface area contributed by atoms with Crippen LogP contribution in [0.25, 0.3) is 10.8 Å². The summed E-state index contributed by atoms with van der Waals surface area (Å²) >= 11 is 0.